The van der Waals surface area contributed by atoms with Gasteiger partial charge in [-0.25, -0.2) is 4.18 Å². The summed E-state index contributed by atoms with van der Waals surface area (Å²) in [5, 5.41) is 22.9. The molecule has 174 valence electrons. The molecule has 0 saturated heterocycles. The van der Waals surface area contributed by atoms with E-state index >= 15 is 0 Å². The number of fused-ring (bicyclic) bond motifs is 1. The Labute approximate surface area is 224 Å². The second-order valence-corrected chi connectivity index (χ2v) is 11.0. The van der Waals surface area contributed by atoms with Crippen molar-refractivity contribution >= 4 is 10.1 Å². The Kier molecular flexibility index (Phi) is 7.34. The summed E-state index contributed by atoms with van der Waals surface area (Å²) in [6.45, 7) is 11.6. The third kappa shape index (κ3) is 4.10. The zero-order valence-electron chi connectivity index (χ0n) is 20.8. The predicted octanol–water partition coefficient (Wildman–Crippen LogP) is 2.34. The number of rotatable bonds is 4. The van der Waals surface area contributed by atoms with Crippen LogP contribution in [0.1, 0.15) is 78.5 Å². The smallest absolute Gasteiger partial charge is 0.872 e. The maximum absolute atomic E-state index is 13.4. The first-order valence-electron chi connectivity index (χ1n) is 11.1. The molecule has 3 aromatic carbocycles. The Morgan fingerprint density at radius 2 is 1.41 bits per heavy atom. The van der Waals surface area contributed by atoms with Crippen molar-refractivity contribution < 1.29 is 52.4 Å². The van der Waals surface area contributed by atoms with Gasteiger partial charge in [-0.3, -0.25) is 0 Å². The summed E-state index contributed by atoms with van der Waals surface area (Å²) in [5.41, 5.74) is 3.31. The number of phenolic OH excluding ortho intramolecular Hbond substituents is 1. The van der Waals surface area contributed by atoms with Crippen molar-refractivity contribution in [1.82, 2.24) is 0 Å². The average Bonchev–Trinajstić information content (AvgIpc) is 2.94. The van der Waals surface area contributed by atoms with Gasteiger partial charge in [0.25, 0.3) is 10.1 Å². The minimum absolute atomic E-state index is 0. The van der Waals surface area contributed by atoms with E-state index in [1.807, 2.05) is 41.5 Å². The molecule has 0 fully saturated rings. The van der Waals surface area contributed by atoms with Crippen LogP contribution in [0.25, 0.3) is 0 Å². The van der Waals surface area contributed by atoms with Gasteiger partial charge in [-0.15, -0.1) is 5.75 Å². The summed E-state index contributed by atoms with van der Waals surface area (Å²) >= 11 is 0. The molecule has 0 radical (unpaired) electrons. The van der Waals surface area contributed by atoms with Crippen LogP contribution in [0.3, 0.4) is 0 Å². The van der Waals surface area contributed by atoms with Crippen molar-refractivity contribution in [3.8, 4) is 11.5 Å². The molecule has 1 atom stereocenters. The van der Waals surface area contributed by atoms with Gasteiger partial charge >= 0.3 is 29.6 Å². The first kappa shape index (κ1) is 26.8. The molecule has 0 aliphatic carbocycles. The van der Waals surface area contributed by atoms with E-state index in [4.69, 9.17) is 4.18 Å². The number of hydrogen-bond acceptors (Lipinski definition) is 5. The monoisotopic (exact) mass is 488 g/mol. The molecule has 5 nitrogen and oxygen atoms in total. The molecule has 1 heterocycles. The largest absolute Gasteiger partial charge is 1.00 e. The van der Waals surface area contributed by atoms with E-state index in [1.165, 1.54) is 6.07 Å². The molecular weight excluding hydrogens is 459 g/mol. The summed E-state index contributed by atoms with van der Waals surface area (Å²) in [5.74, 6) is -0.0949. The molecule has 0 spiro atoms. The van der Waals surface area contributed by atoms with E-state index in [2.05, 4.69) is 0 Å². The molecule has 4 rings (SSSR count). The molecule has 0 saturated carbocycles. The summed E-state index contributed by atoms with van der Waals surface area (Å²) in [6.07, 6.45) is 0. The molecular formula is C27H29NaO5S. The molecule has 34 heavy (non-hydrogen) atoms. The fourth-order valence-corrected chi connectivity index (χ4v) is 6.56. The van der Waals surface area contributed by atoms with E-state index in [9.17, 15) is 18.6 Å². The first-order chi connectivity index (χ1) is 15.4. The van der Waals surface area contributed by atoms with Gasteiger partial charge in [0, 0.05) is 16.7 Å². The zero-order valence-corrected chi connectivity index (χ0v) is 23.6. The molecule has 0 aromatic heterocycles. The Balaban J connectivity index is 0.00000324. The van der Waals surface area contributed by atoms with Gasteiger partial charge in [-0.1, -0.05) is 58.0 Å². The van der Waals surface area contributed by atoms with Crippen LogP contribution < -0.4 is 34.7 Å². The Morgan fingerprint density at radius 1 is 0.882 bits per heavy atom. The Bertz CT molecular complexity index is 1300. The number of aryl methyl sites for hydroxylation is 2. The molecule has 1 N–H and O–H groups in total. The van der Waals surface area contributed by atoms with Gasteiger partial charge in [-0.05, 0) is 66.1 Å². The summed E-state index contributed by atoms with van der Waals surface area (Å²) in [7, 11) is -4.09. The Hall–Kier alpha value is -1.83. The summed E-state index contributed by atoms with van der Waals surface area (Å²) < 4.78 is 33.0. The normalized spacial score (nSPS) is 18.7. The first-order valence-corrected chi connectivity index (χ1v) is 12.5. The predicted molar refractivity (Wildman–Crippen MR) is 126 cm³/mol. The maximum atomic E-state index is 13.4. The van der Waals surface area contributed by atoms with Crippen molar-refractivity contribution in [3.63, 3.8) is 0 Å². The molecule has 7 heteroatoms. The van der Waals surface area contributed by atoms with Crippen LogP contribution in [0.5, 0.6) is 11.5 Å². The number of aromatic hydroxyl groups is 1. The van der Waals surface area contributed by atoms with E-state index < -0.39 is 15.7 Å². The zero-order chi connectivity index (χ0) is 24.3. The summed E-state index contributed by atoms with van der Waals surface area (Å²) in [4.78, 5) is 0.118. The minimum atomic E-state index is -4.09. The van der Waals surface area contributed by atoms with Crippen LogP contribution in [0, 0.1) is 13.8 Å². The average molecular weight is 489 g/mol. The molecule has 1 aliphatic rings. The second-order valence-electron chi connectivity index (χ2n) is 9.46. The van der Waals surface area contributed by atoms with Crippen LogP contribution in [-0.4, -0.2) is 13.5 Å². The fourth-order valence-electron chi connectivity index (χ4n) is 5.16. The van der Waals surface area contributed by atoms with Gasteiger partial charge in [0.2, 0.25) is 0 Å². The van der Waals surface area contributed by atoms with Crippen LogP contribution in [0.2, 0.25) is 0 Å². The maximum Gasteiger partial charge on any atom is 1.00 e. The topological polar surface area (TPSA) is 86.7 Å². The molecule has 1 unspecified atom stereocenters. The number of hydrogen-bond donors (Lipinski definition) is 1. The van der Waals surface area contributed by atoms with E-state index in [1.54, 1.807) is 42.5 Å². The van der Waals surface area contributed by atoms with Crippen molar-refractivity contribution in [2.75, 3.05) is 0 Å². The van der Waals surface area contributed by atoms with Gasteiger partial charge in [0.05, 0.1) is 0 Å². The number of phenols is 1. The third-order valence-electron chi connectivity index (χ3n) is 6.41. The number of benzene rings is 3. The standard InChI is InChI=1S/C27H30O5S.Na/c1-15(2)21-13-19(28)11-17(5)25(21)27(23-9-7-8-10-24(23)33(30,31)32-27)26-18(6)12-20(29)14-22(26)16(3)4;/h7-16,28-29H,1-6H3;/q;+1/p-1. The molecule has 3 aromatic rings. The fraction of sp³-hybridized carbons (Fsp3) is 0.333. The third-order valence-corrected chi connectivity index (χ3v) is 7.77. The van der Waals surface area contributed by atoms with Gasteiger partial charge in [0.15, 0.2) is 5.60 Å². The van der Waals surface area contributed by atoms with E-state index in [-0.39, 0.29) is 57.8 Å². The Morgan fingerprint density at radius 3 is 2.00 bits per heavy atom. The van der Waals surface area contributed by atoms with Crippen molar-refractivity contribution in [2.24, 2.45) is 0 Å². The second kappa shape index (κ2) is 9.32. The van der Waals surface area contributed by atoms with Crippen molar-refractivity contribution in [1.29, 1.82) is 0 Å². The molecule has 0 amide bonds. The van der Waals surface area contributed by atoms with Crippen LogP contribution in [-0.2, 0) is 19.9 Å². The van der Waals surface area contributed by atoms with Gasteiger partial charge in [-0.2, -0.15) is 8.42 Å². The van der Waals surface area contributed by atoms with Crippen LogP contribution in [0.4, 0.5) is 0 Å². The van der Waals surface area contributed by atoms with Crippen LogP contribution in [0.15, 0.2) is 53.4 Å². The van der Waals surface area contributed by atoms with Gasteiger partial charge in [0.1, 0.15) is 10.6 Å². The van der Waals surface area contributed by atoms with Crippen molar-refractivity contribution in [3.05, 3.63) is 87.5 Å². The molecule has 1 aliphatic heterocycles. The molecule has 0 bridgehead atoms. The SMILES string of the molecule is Cc1cc([O-])cc(C(C)C)c1C1(c2c(C)cc(O)cc2C(C)C)OS(=O)(=O)c2ccccc21.[Na+]. The minimum Gasteiger partial charge on any atom is -0.872 e. The van der Waals surface area contributed by atoms with E-state index in [0.717, 1.165) is 11.1 Å². The van der Waals surface area contributed by atoms with Crippen LogP contribution >= 0.6 is 0 Å². The van der Waals surface area contributed by atoms with Gasteiger partial charge < -0.3 is 10.2 Å². The van der Waals surface area contributed by atoms with Crippen molar-refractivity contribution in [2.45, 2.75) is 63.9 Å². The summed E-state index contributed by atoms with van der Waals surface area (Å²) in [6, 6.07) is 13.2. The van der Waals surface area contributed by atoms with E-state index in [0.29, 0.717) is 27.8 Å². The quantitative estimate of drug-likeness (QED) is 0.450.